The summed E-state index contributed by atoms with van der Waals surface area (Å²) >= 11 is 0. The smallest absolute Gasteiger partial charge is 0.321 e. The van der Waals surface area contributed by atoms with Gasteiger partial charge in [-0.05, 0) is 12.1 Å². The summed E-state index contributed by atoms with van der Waals surface area (Å²) in [7, 11) is -1.37. The van der Waals surface area contributed by atoms with Crippen LogP contribution in [0.5, 0.6) is 11.5 Å². The Balaban J connectivity index is 2.68. The Bertz CT molecular complexity index is 769. The minimum Gasteiger partial charge on any atom is -0.497 e. The third-order valence-electron chi connectivity index (χ3n) is 2.82. The summed E-state index contributed by atoms with van der Waals surface area (Å²) in [5.41, 5.74) is 0. The second-order valence-electron chi connectivity index (χ2n) is 4.48. The molecule has 0 aliphatic heterocycles. The lowest BCUT2D eigenvalue weighted by atomic mass is 10.3. The quantitative estimate of drug-likeness (QED) is 0.434. The van der Waals surface area contributed by atoms with Gasteiger partial charge in [0.25, 0.3) is 5.91 Å². The zero-order valence-electron chi connectivity index (χ0n) is 13.7. The average Bonchev–Trinajstić information content (AvgIpc) is 2.62. The van der Waals surface area contributed by atoms with E-state index in [4.69, 9.17) is 15.9 Å². The van der Waals surface area contributed by atoms with Gasteiger partial charge in [-0.3, -0.25) is 9.59 Å². The standard InChI is InChI=1S/C15H18N2O7S/c1-4-7-16-14(18)10-24-15(19)9-17-25(20,21)13-8-11(22-2)5-6-12(13)23-3/h1,5-6,8,17H,7,9-10H2,2-3H3,(H,16,18). The molecular weight excluding hydrogens is 352 g/mol. The normalized spacial score (nSPS) is 10.4. The number of esters is 1. The number of amides is 1. The number of benzene rings is 1. The lowest BCUT2D eigenvalue weighted by molar-refractivity contribution is -0.147. The Morgan fingerprint density at radius 1 is 1.24 bits per heavy atom. The predicted octanol–water partition coefficient (Wildman–Crippen LogP) is -0.725. The summed E-state index contributed by atoms with van der Waals surface area (Å²) in [6.45, 7) is -1.23. The topological polar surface area (TPSA) is 120 Å². The molecule has 1 aromatic carbocycles. The van der Waals surface area contributed by atoms with Gasteiger partial charge < -0.3 is 19.5 Å². The van der Waals surface area contributed by atoms with E-state index in [1.807, 2.05) is 0 Å². The summed E-state index contributed by atoms with van der Waals surface area (Å²) in [6.07, 6.45) is 4.96. The van der Waals surface area contributed by atoms with Crippen molar-refractivity contribution in [2.45, 2.75) is 4.90 Å². The third-order valence-corrected chi connectivity index (χ3v) is 4.24. The molecule has 25 heavy (non-hydrogen) atoms. The number of carbonyl (C=O) groups excluding carboxylic acids is 2. The van der Waals surface area contributed by atoms with Gasteiger partial charge in [0.2, 0.25) is 10.0 Å². The van der Waals surface area contributed by atoms with Crippen LogP contribution in [-0.4, -0.2) is 54.2 Å². The van der Waals surface area contributed by atoms with E-state index in [1.165, 1.54) is 32.4 Å². The Morgan fingerprint density at radius 3 is 2.56 bits per heavy atom. The highest BCUT2D eigenvalue weighted by atomic mass is 32.2. The van der Waals surface area contributed by atoms with E-state index in [9.17, 15) is 18.0 Å². The second kappa shape index (κ2) is 9.51. The van der Waals surface area contributed by atoms with Crippen LogP contribution in [0.2, 0.25) is 0 Å². The molecular formula is C15H18N2O7S. The SMILES string of the molecule is C#CCNC(=O)COC(=O)CNS(=O)(=O)c1cc(OC)ccc1OC. The van der Waals surface area contributed by atoms with Crippen LogP contribution >= 0.6 is 0 Å². The Labute approximate surface area is 145 Å². The molecule has 0 aliphatic rings. The molecule has 0 aliphatic carbocycles. The van der Waals surface area contributed by atoms with Gasteiger partial charge in [-0.15, -0.1) is 6.42 Å². The van der Waals surface area contributed by atoms with Crippen LogP contribution in [0.4, 0.5) is 0 Å². The van der Waals surface area contributed by atoms with E-state index < -0.39 is 35.1 Å². The van der Waals surface area contributed by atoms with E-state index in [0.717, 1.165) is 0 Å². The third kappa shape index (κ3) is 6.33. The van der Waals surface area contributed by atoms with Gasteiger partial charge in [0.1, 0.15) is 22.9 Å². The maximum absolute atomic E-state index is 12.3. The van der Waals surface area contributed by atoms with Crippen molar-refractivity contribution < 1.29 is 32.2 Å². The molecule has 1 aromatic rings. The van der Waals surface area contributed by atoms with E-state index in [-0.39, 0.29) is 17.2 Å². The van der Waals surface area contributed by atoms with E-state index in [2.05, 4.69) is 20.7 Å². The molecule has 0 spiro atoms. The van der Waals surface area contributed by atoms with Crippen molar-refractivity contribution in [2.75, 3.05) is 33.9 Å². The molecule has 136 valence electrons. The van der Waals surface area contributed by atoms with Gasteiger partial charge in [0.05, 0.1) is 20.8 Å². The Kier molecular flexibility index (Phi) is 7.71. The zero-order valence-corrected chi connectivity index (χ0v) is 14.5. The number of nitrogens with one attached hydrogen (secondary N) is 2. The summed E-state index contributed by atoms with van der Waals surface area (Å²) in [5.74, 6) is 1.04. The second-order valence-corrected chi connectivity index (χ2v) is 6.22. The van der Waals surface area contributed by atoms with Crippen molar-refractivity contribution in [1.29, 1.82) is 0 Å². The van der Waals surface area contributed by atoms with Crippen LogP contribution in [-0.2, 0) is 24.3 Å². The molecule has 0 atom stereocenters. The van der Waals surface area contributed by atoms with Gasteiger partial charge in [0.15, 0.2) is 6.61 Å². The number of rotatable bonds is 9. The molecule has 0 saturated heterocycles. The molecule has 0 aromatic heterocycles. The fourth-order valence-electron chi connectivity index (χ4n) is 1.62. The molecule has 1 rings (SSSR count). The lowest BCUT2D eigenvalue weighted by Crippen LogP contribution is -2.34. The van der Waals surface area contributed by atoms with Crippen LogP contribution in [0.25, 0.3) is 0 Å². The molecule has 0 bridgehead atoms. The van der Waals surface area contributed by atoms with Crippen molar-refractivity contribution in [3.8, 4) is 23.8 Å². The summed E-state index contributed by atoms with van der Waals surface area (Å²) in [6, 6.07) is 4.20. The molecule has 0 fully saturated rings. The number of terminal acetylenes is 1. The average molecular weight is 370 g/mol. The molecule has 0 saturated carbocycles. The first kappa shape index (κ1) is 20.3. The highest BCUT2D eigenvalue weighted by molar-refractivity contribution is 7.89. The fourth-order valence-corrected chi connectivity index (χ4v) is 2.77. The molecule has 0 unspecified atom stereocenters. The maximum Gasteiger partial charge on any atom is 0.321 e. The monoisotopic (exact) mass is 370 g/mol. The van der Waals surface area contributed by atoms with Crippen molar-refractivity contribution >= 4 is 21.9 Å². The summed E-state index contributed by atoms with van der Waals surface area (Å²) < 4.78 is 41.3. The molecule has 0 radical (unpaired) electrons. The van der Waals surface area contributed by atoms with Crippen LogP contribution in [0, 0.1) is 12.3 Å². The van der Waals surface area contributed by atoms with Crippen LogP contribution in [0.3, 0.4) is 0 Å². The number of hydrogen-bond acceptors (Lipinski definition) is 7. The van der Waals surface area contributed by atoms with Crippen molar-refractivity contribution in [3.05, 3.63) is 18.2 Å². The maximum atomic E-state index is 12.3. The minimum absolute atomic E-state index is 0.00134. The van der Waals surface area contributed by atoms with Gasteiger partial charge >= 0.3 is 5.97 Å². The number of methoxy groups -OCH3 is 2. The molecule has 10 heteroatoms. The van der Waals surface area contributed by atoms with Crippen molar-refractivity contribution in [2.24, 2.45) is 0 Å². The number of hydrogen-bond donors (Lipinski definition) is 2. The van der Waals surface area contributed by atoms with Crippen LogP contribution < -0.4 is 19.5 Å². The molecule has 1 amide bonds. The Morgan fingerprint density at radius 2 is 1.96 bits per heavy atom. The van der Waals surface area contributed by atoms with Crippen LogP contribution in [0.1, 0.15) is 0 Å². The first-order valence-electron chi connectivity index (χ1n) is 6.91. The Hall–Kier alpha value is -2.77. The molecule has 2 N–H and O–H groups in total. The van der Waals surface area contributed by atoms with Crippen molar-refractivity contribution in [1.82, 2.24) is 10.0 Å². The summed E-state index contributed by atoms with van der Waals surface area (Å²) in [4.78, 5) is 22.6. The van der Waals surface area contributed by atoms with Gasteiger partial charge in [-0.1, -0.05) is 5.92 Å². The fraction of sp³-hybridized carbons (Fsp3) is 0.333. The van der Waals surface area contributed by atoms with Gasteiger partial charge in [-0.25, -0.2) is 8.42 Å². The lowest BCUT2D eigenvalue weighted by Gasteiger charge is -2.12. The first-order chi connectivity index (χ1) is 11.8. The molecule has 9 nitrogen and oxygen atoms in total. The molecule has 0 heterocycles. The first-order valence-corrected chi connectivity index (χ1v) is 8.40. The van der Waals surface area contributed by atoms with E-state index >= 15 is 0 Å². The zero-order chi connectivity index (χ0) is 18.9. The number of ether oxygens (including phenoxy) is 3. The minimum atomic E-state index is -4.07. The van der Waals surface area contributed by atoms with Crippen molar-refractivity contribution in [3.63, 3.8) is 0 Å². The summed E-state index contributed by atoms with van der Waals surface area (Å²) in [5, 5.41) is 2.29. The predicted molar refractivity (Wildman–Crippen MR) is 87.5 cm³/mol. The highest BCUT2D eigenvalue weighted by Gasteiger charge is 2.22. The largest absolute Gasteiger partial charge is 0.497 e. The van der Waals surface area contributed by atoms with E-state index in [1.54, 1.807) is 0 Å². The number of carbonyl (C=O) groups is 2. The number of sulfonamides is 1. The van der Waals surface area contributed by atoms with Crippen LogP contribution in [0.15, 0.2) is 23.1 Å². The van der Waals surface area contributed by atoms with Gasteiger partial charge in [0, 0.05) is 6.07 Å². The van der Waals surface area contributed by atoms with E-state index in [0.29, 0.717) is 5.75 Å². The van der Waals surface area contributed by atoms with Gasteiger partial charge in [-0.2, -0.15) is 4.72 Å². The highest BCUT2D eigenvalue weighted by Crippen LogP contribution is 2.27.